The molecule has 0 radical (unpaired) electrons. The first-order valence-electron chi connectivity index (χ1n) is 4.50. The van der Waals surface area contributed by atoms with E-state index in [2.05, 4.69) is 0 Å². The van der Waals surface area contributed by atoms with E-state index in [4.69, 9.17) is 8.22 Å². The topological polar surface area (TPSA) is 20.3 Å². The zero-order valence-electron chi connectivity index (χ0n) is 9.44. The molecule has 0 saturated carbocycles. The fourth-order valence-corrected chi connectivity index (χ4v) is 0.401. The third-order valence-electron chi connectivity index (χ3n) is 0.364. The zero-order chi connectivity index (χ0) is 10.9. The predicted octanol–water partition coefficient (Wildman–Crippen LogP) is 0.510. The number of amides is 1. The van der Waals surface area contributed by atoms with Crippen LogP contribution in [0.3, 0.4) is 0 Å². The molecule has 3 heteroatoms. The Bertz CT molecular complexity index is 184. The second-order valence-electron chi connectivity index (χ2n) is 0.863. The van der Waals surface area contributed by atoms with Crippen molar-refractivity contribution in [2.45, 2.75) is 0 Å². The fourth-order valence-electron chi connectivity index (χ4n) is 0.0598. The van der Waals surface area contributed by atoms with Crippen LogP contribution in [0.25, 0.3) is 0 Å². The maximum absolute atomic E-state index is 11.0. The van der Waals surface area contributed by atoms with Crippen LogP contribution in [0.5, 0.6) is 0 Å². The van der Waals surface area contributed by atoms with E-state index in [1.807, 2.05) is 0 Å². The van der Waals surface area contributed by atoms with Crippen LogP contribution in [-0.2, 0) is 4.79 Å². The van der Waals surface area contributed by atoms with E-state index < -0.39 is 19.9 Å². The first kappa shape index (κ1) is 1.86. The van der Waals surface area contributed by atoms with Crippen molar-refractivity contribution >= 4 is 28.5 Å². The van der Waals surface area contributed by atoms with Crippen LogP contribution in [0.4, 0.5) is 0 Å². The van der Waals surface area contributed by atoms with Crippen molar-refractivity contribution < 1.29 is 13.0 Å². The monoisotopic (exact) mass is 219 g/mol. The maximum atomic E-state index is 11.0. The highest BCUT2D eigenvalue weighted by molar-refractivity contribution is 14.1. The number of halogens is 1. The number of rotatable bonds is 1. The van der Waals surface area contributed by atoms with E-state index in [-0.39, 0.29) is 9.33 Å². The van der Waals surface area contributed by atoms with E-state index in [0.29, 0.717) is 0 Å². The quantitative estimate of drug-likeness (QED) is 0.464. The number of carbonyl (C=O) groups is 1. The number of hydrogen-bond acceptors (Lipinski definition) is 1. The molecule has 0 aliphatic carbocycles. The summed E-state index contributed by atoms with van der Waals surface area (Å²) < 4.78 is 40.9. The lowest BCUT2D eigenvalue weighted by Crippen LogP contribution is -2.22. The van der Waals surface area contributed by atoms with Gasteiger partial charge in [-0.2, -0.15) is 0 Å². The summed E-state index contributed by atoms with van der Waals surface area (Å²) in [5.74, 6) is -0.916. The minimum Gasteiger partial charge on any atom is -0.348 e. The molecule has 0 aliphatic rings. The van der Waals surface area contributed by atoms with Gasteiger partial charge in [-0.1, -0.05) is 22.6 Å². The van der Waals surface area contributed by atoms with Gasteiger partial charge in [-0.05, 0) is 0 Å². The number of alkyl halides is 1. The van der Waals surface area contributed by atoms with E-state index in [1.165, 1.54) is 0 Å². The molecule has 0 aromatic heterocycles. The van der Waals surface area contributed by atoms with Gasteiger partial charge in [0.1, 0.15) is 0 Å². The van der Waals surface area contributed by atoms with Crippen LogP contribution >= 0.6 is 22.6 Å². The normalized spacial score (nSPS) is 24.7. The number of carbonyl (C=O) groups excluding carboxylic acids is 1. The van der Waals surface area contributed by atoms with E-state index >= 15 is 0 Å². The molecule has 1 amide bonds. The van der Waals surface area contributed by atoms with Crippen LogP contribution < -0.4 is 0 Å². The molecule has 0 unspecified atom stereocenters. The Morgan fingerprint density at radius 3 is 2.71 bits per heavy atom. The summed E-state index contributed by atoms with van der Waals surface area (Å²) in [5, 5.41) is 0. The summed E-state index contributed by atoms with van der Waals surface area (Å²) >= 11 is 1.62. The van der Waals surface area contributed by atoms with Crippen LogP contribution in [0.15, 0.2) is 0 Å². The van der Waals surface area contributed by atoms with Crippen molar-refractivity contribution in [3.05, 3.63) is 0 Å². The van der Waals surface area contributed by atoms with Gasteiger partial charge >= 0.3 is 0 Å². The Hall–Kier alpha value is 0.200. The smallest absolute Gasteiger partial charge is 0.231 e. The Labute approximate surface area is 65.4 Å². The predicted molar refractivity (Wildman–Crippen MR) is 37.6 cm³/mol. The van der Waals surface area contributed by atoms with Crippen LogP contribution in [-0.4, -0.2) is 29.2 Å². The number of hydrogen-bond donors (Lipinski definition) is 0. The van der Waals surface area contributed by atoms with E-state index in [9.17, 15) is 4.79 Å². The van der Waals surface area contributed by atoms with Crippen molar-refractivity contribution in [1.82, 2.24) is 4.90 Å². The highest BCUT2D eigenvalue weighted by Crippen LogP contribution is 1.84. The van der Waals surface area contributed by atoms with E-state index in [1.54, 1.807) is 22.6 Å². The van der Waals surface area contributed by atoms with Crippen molar-refractivity contribution in [3.8, 4) is 0 Å². The molecule has 0 aromatic rings. The molecule has 0 aliphatic heterocycles. The summed E-state index contributed by atoms with van der Waals surface area (Å²) in [6.45, 7) is -5.82. The first-order chi connectivity index (χ1) is 5.60. The molecule has 0 spiro atoms. The zero-order valence-corrected chi connectivity index (χ0v) is 5.60. The minimum absolute atomic E-state index is 0.0492. The molecule has 0 atom stereocenters. The summed E-state index contributed by atoms with van der Waals surface area (Å²) in [6, 6.07) is 0. The number of nitrogens with zero attached hydrogens (tertiary/aromatic N) is 1. The maximum Gasteiger partial charge on any atom is 0.231 e. The van der Waals surface area contributed by atoms with Crippen molar-refractivity contribution in [3.63, 3.8) is 0 Å². The average molecular weight is 219 g/mol. The Morgan fingerprint density at radius 2 is 2.57 bits per heavy atom. The highest BCUT2D eigenvalue weighted by atomic mass is 127. The van der Waals surface area contributed by atoms with Gasteiger partial charge in [0.15, 0.2) is 0 Å². The van der Waals surface area contributed by atoms with Crippen LogP contribution in [0, 0.1) is 0 Å². The van der Waals surface area contributed by atoms with E-state index in [0.717, 1.165) is 0 Å². The molecule has 0 aromatic carbocycles. The van der Waals surface area contributed by atoms with Gasteiger partial charge < -0.3 is 4.90 Å². The largest absolute Gasteiger partial charge is 0.348 e. The molecule has 0 bridgehead atoms. The molecular weight excluding hydrogens is 205 g/mol. The first-order valence-corrected chi connectivity index (χ1v) is 3.02. The second kappa shape index (κ2) is 3.23. The van der Waals surface area contributed by atoms with Crippen molar-refractivity contribution in [1.29, 1.82) is 0 Å². The average Bonchev–Trinajstić information content (AvgIpc) is 1.80. The summed E-state index contributed by atoms with van der Waals surface area (Å²) in [7, 11) is 0. The van der Waals surface area contributed by atoms with Crippen molar-refractivity contribution in [2.24, 2.45) is 0 Å². The van der Waals surface area contributed by atoms with Gasteiger partial charge in [-0.15, -0.1) is 0 Å². The summed E-state index contributed by atoms with van der Waals surface area (Å²) in [5.41, 5.74) is 0. The summed E-state index contributed by atoms with van der Waals surface area (Å²) in [6.07, 6.45) is 0. The highest BCUT2D eigenvalue weighted by Gasteiger charge is 1.96. The van der Waals surface area contributed by atoms with Gasteiger partial charge in [-0.25, -0.2) is 0 Å². The Kier molecular flexibility index (Phi) is 0.859. The standard InChI is InChI=1S/C4H8INO/c1-6(2)4(7)3-5/h3H2,1-2H3/i1D3,2D3. The van der Waals surface area contributed by atoms with Gasteiger partial charge in [-0.3, -0.25) is 4.79 Å². The third-order valence-corrected chi connectivity index (χ3v) is 1.02. The Morgan fingerprint density at radius 1 is 2.00 bits per heavy atom. The molecule has 0 fully saturated rings. The molecule has 0 rings (SSSR count). The third kappa shape index (κ3) is 2.85. The van der Waals surface area contributed by atoms with Crippen LogP contribution in [0.1, 0.15) is 8.22 Å². The van der Waals surface area contributed by atoms with Gasteiger partial charge in [0, 0.05) is 22.2 Å². The lowest BCUT2D eigenvalue weighted by Gasteiger charge is -2.05. The van der Waals surface area contributed by atoms with Gasteiger partial charge in [0.2, 0.25) is 5.91 Å². The molecular formula is C4H8INO. The minimum atomic E-state index is -2.91. The van der Waals surface area contributed by atoms with Gasteiger partial charge in [0.05, 0.1) is 4.43 Å². The molecule has 0 saturated heterocycles. The summed E-state index contributed by atoms with van der Waals surface area (Å²) in [4.78, 5) is 11.0. The lowest BCUT2D eigenvalue weighted by molar-refractivity contribution is -0.125. The Balaban J connectivity index is 4.89. The SMILES string of the molecule is [2H]C([2H])([2H])N(C(=O)CI)C([2H])([2H])[2H]. The molecule has 7 heavy (non-hydrogen) atoms. The molecule has 0 N–H and O–H groups in total. The molecule has 42 valence electrons. The van der Waals surface area contributed by atoms with Crippen molar-refractivity contribution in [2.75, 3.05) is 18.4 Å². The van der Waals surface area contributed by atoms with Gasteiger partial charge in [0.25, 0.3) is 0 Å². The molecule has 0 heterocycles. The fraction of sp³-hybridized carbons (Fsp3) is 0.750. The van der Waals surface area contributed by atoms with Crippen LogP contribution in [0.2, 0.25) is 0 Å². The molecule has 2 nitrogen and oxygen atoms in total. The lowest BCUT2D eigenvalue weighted by atomic mass is 10.6. The second-order valence-corrected chi connectivity index (χ2v) is 1.63.